The maximum absolute atomic E-state index is 12.6. The second-order valence-corrected chi connectivity index (χ2v) is 14.7. The molecular weight excluding hydrogens is 716 g/mol. The third-order valence-electron chi connectivity index (χ3n) is 7.29. The molecule has 0 spiro atoms. The van der Waals surface area contributed by atoms with Gasteiger partial charge in [-0.2, -0.15) is 8.88 Å². The number of carbonyl (C=O) groups is 1. The summed E-state index contributed by atoms with van der Waals surface area (Å²) in [6.07, 6.45) is -2.63. The standard InChI is InChI=1S/C25H31N7O14P2S/c1-2-3-7-49-25-30-15-20(26)28-11-29-22(15)32(25)24-19(36)17(34)14(45-24)10-43-48(40,41)46-47(38,39)42-9-13-16(33)18(35)23(44-13)31-6-4-5-12(8-31)21(27)37/h1,4-6,8,11,13-14,16-19,23-24,33-36H,3,7,9-10H2,(H5-,26,27,28,29,37,38,39,40,41)/p+1. The summed E-state index contributed by atoms with van der Waals surface area (Å²) in [5.74, 6) is 2.16. The van der Waals surface area contributed by atoms with Crippen molar-refractivity contribution in [2.24, 2.45) is 5.73 Å². The zero-order chi connectivity index (χ0) is 35.7. The number of rotatable bonds is 14. The first-order valence-corrected chi connectivity index (χ1v) is 18.1. The molecule has 24 heteroatoms. The van der Waals surface area contributed by atoms with E-state index in [4.69, 9.17) is 36.4 Å². The molecule has 10 unspecified atom stereocenters. The van der Waals surface area contributed by atoms with Gasteiger partial charge in [-0.15, -0.1) is 12.3 Å². The van der Waals surface area contributed by atoms with Gasteiger partial charge in [0.05, 0.1) is 13.2 Å². The fourth-order valence-electron chi connectivity index (χ4n) is 4.94. The Morgan fingerprint density at radius 1 is 1.06 bits per heavy atom. The molecule has 2 aliphatic rings. The van der Waals surface area contributed by atoms with Crippen LogP contribution in [-0.4, -0.2) is 111 Å². The summed E-state index contributed by atoms with van der Waals surface area (Å²) in [6, 6.07) is 2.83. The smallest absolute Gasteiger partial charge is 0.387 e. The van der Waals surface area contributed by atoms with Gasteiger partial charge in [0.15, 0.2) is 46.9 Å². The summed E-state index contributed by atoms with van der Waals surface area (Å²) in [7, 11) is -10.8. The molecule has 49 heavy (non-hydrogen) atoms. The molecule has 0 saturated carbocycles. The number of phosphoric acid groups is 2. The number of terminal acetylenes is 1. The van der Waals surface area contributed by atoms with Crippen LogP contribution in [0.15, 0.2) is 36.0 Å². The molecule has 2 saturated heterocycles. The van der Waals surface area contributed by atoms with Crippen LogP contribution < -0.4 is 16.0 Å². The van der Waals surface area contributed by atoms with E-state index in [1.165, 1.54) is 45.4 Å². The van der Waals surface area contributed by atoms with Crippen LogP contribution in [-0.2, 0) is 32.0 Å². The first kappa shape index (κ1) is 37.2. The fraction of sp³-hybridized carbons (Fsp3) is 0.480. The van der Waals surface area contributed by atoms with Crippen LogP contribution in [0.4, 0.5) is 5.82 Å². The Morgan fingerprint density at radius 2 is 1.71 bits per heavy atom. The van der Waals surface area contributed by atoms with Crippen LogP contribution in [0.2, 0.25) is 0 Å². The van der Waals surface area contributed by atoms with E-state index in [-0.39, 0.29) is 27.7 Å². The van der Waals surface area contributed by atoms with Crippen LogP contribution >= 0.6 is 27.4 Å². The lowest BCUT2D eigenvalue weighted by atomic mass is 10.1. The monoisotopic (exact) mass is 748 g/mol. The van der Waals surface area contributed by atoms with Crippen LogP contribution in [0.5, 0.6) is 0 Å². The minimum Gasteiger partial charge on any atom is -0.387 e. The highest BCUT2D eigenvalue weighted by Crippen LogP contribution is 2.60. The number of aliphatic hydroxyl groups is 4. The Hall–Kier alpha value is -3.10. The van der Waals surface area contributed by atoms with Crippen LogP contribution in [0.25, 0.3) is 11.2 Å². The second-order valence-electron chi connectivity index (χ2n) is 10.6. The van der Waals surface area contributed by atoms with Gasteiger partial charge >= 0.3 is 15.6 Å². The van der Waals surface area contributed by atoms with Gasteiger partial charge in [0.1, 0.15) is 42.4 Å². The molecule has 2 aliphatic heterocycles. The number of aliphatic hydroxyl groups excluding tert-OH is 4. The van der Waals surface area contributed by atoms with Crippen molar-refractivity contribution in [1.82, 2.24) is 19.5 Å². The molecule has 1 amide bonds. The van der Waals surface area contributed by atoms with Crippen molar-refractivity contribution in [2.45, 2.75) is 60.7 Å². The zero-order valence-electron chi connectivity index (χ0n) is 25.1. The highest BCUT2D eigenvalue weighted by molar-refractivity contribution is 7.99. The number of pyridine rings is 1. The van der Waals surface area contributed by atoms with Crippen molar-refractivity contribution in [3.05, 3.63) is 36.4 Å². The van der Waals surface area contributed by atoms with Gasteiger partial charge in [0, 0.05) is 18.2 Å². The predicted molar refractivity (Wildman–Crippen MR) is 164 cm³/mol. The Balaban J connectivity index is 1.20. The van der Waals surface area contributed by atoms with Crippen LogP contribution in [0.3, 0.4) is 0 Å². The SMILES string of the molecule is C#CCCSc1nc2c(N)ncnc2n1C1OC(COP(=O)(O)OP(=O)(O)OCC2OC([n+]3cccc(C(N)=O)c3)C(O)C2O)C(O)C1O. The second kappa shape index (κ2) is 15.0. The summed E-state index contributed by atoms with van der Waals surface area (Å²) in [5, 5.41) is 42.6. The average Bonchev–Trinajstić information content (AvgIpc) is 3.65. The Kier molecular flexibility index (Phi) is 11.4. The highest BCUT2D eigenvalue weighted by Gasteiger charge is 2.50. The van der Waals surface area contributed by atoms with Gasteiger partial charge in [0.2, 0.25) is 0 Å². The van der Waals surface area contributed by atoms with E-state index in [1.54, 1.807) is 0 Å². The first-order valence-electron chi connectivity index (χ1n) is 14.2. The number of amides is 1. The number of hydrogen-bond acceptors (Lipinski definition) is 17. The maximum Gasteiger partial charge on any atom is 0.481 e. The molecule has 0 bridgehead atoms. The van der Waals surface area contributed by atoms with Crippen molar-refractivity contribution in [3.63, 3.8) is 0 Å². The number of nitrogen functional groups attached to an aromatic ring is 1. The van der Waals surface area contributed by atoms with E-state index < -0.39 is 83.8 Å². The lowest BCUT2D eigenvalue weighted by molar-refractivity contribution is -0.765. The number of aromatic nitrogens is 5. The summed E-state index contributed by atoms with van der Waals surface area (Å²) in [6.45, 7) is -1.84. The number of thioether (sulfide) groups is 1. The lowest BCUT2D eigenvalue weighted by Crippen LogP contribution is -2.46. The molecule has 0 aliphatic carbocycles. The van der Waals surface area contributed by atoms with Gasteiger partial charge in [0.25, 0.3) is 12.1 Å². The summed E-state index contributed by atoms with van der Waals surface area (Å²) in [4.78, 5) is 44.2. The minimum atomic E-state index is -5.42. The lowest BCUT2D eigenvalue weighted by Gasteiger charge is -2.20. The van der Waals surface area contributed by atoms with Crippen LogP contribution in [0.1, 0.15) is 29.2 Å². The normalized spacial score (nSPS) is 29.4. The molecule has 0 aromatic carbocycles. The third kappa shape index (κ3) is 8.28. The number of nitrogens with zero attached hydrogens (tertiary/aromatic N) is 5. The molecular formula is C25H32N7O14P2S+. The van der Waals surface area contributed by atoms with Crippen molar-refractivity contribution in [3.8, 4) is 12.3 Å². The van der Waals surface area contributed by atoms with Crippen molar-refractivity contribution in [1.29, 1.82) is 0 Å². The minimum absolute atomic E-state index is 0.0309. The maximum atomic E-state index is 12.6. The van der Waals surface area contributed by atoms with Gasteiger partial charge in [-0.3, -0.25) is 18.4 Å². The van der Waals surface area contributed by atoms with Gasteiger partial charge in [-0.25, -0.2) is 24.1 Å². The predicted octanol–water partition coefficient (Wildman–Crippen LogP) is -1.90. The number of imidazole rings is 1. The van der Waals surface area contributed by atoms with E-state index in [0.29, 0.717) is 12.2 Å². The van der Waals surface area contributed by atoms with E-state index in [2.05, 4.69) is 25.2 Å². The molecule has 5 rings (SSSR count). The topological polar surface area (TPSA) is 318 Å². The van der Waals surface area contributed by atoms with Gasteiger partial charge in [-0.1, -0.05) is 11.8 Å². The summed E-state index contributed by atoms with van der Waals surface area (Å²) >= 11 is 1.18. The molecule has 5 heterocycles. The highest BCUT2D eigenvalue weighted by atomic mass is 32.2. The number of fused-ring (bicyclic) bond motifs is 1. The number of primary amides is 1. The van der Waals surface area contributed by atoms with Crippen molar-refractivity contribution >= 4 is 50.3 Å². The molecule has 10 atom stereocenters. The van der Waals surface area contributed by atoms with E-state index in [1.807, 2.05) is 0 Å². The van der Waals surface area contributed by atoms with E-state index in [0.717, 1.165) is 6.33 Å². The quantitative estimate of drug-likeness (QED) is 0.0293. The van der Waals surface area contributed by atoms with Gasteiger partial charge < -0.3 is 51.2 Å². The summed E-state index contributed by atoms with van der Waals surface area (Å²) in [5.41, 5.74) is 11.6. The number of anilines is 1. The van der Waals surface area contributed by atoms with E-state index >= 15 is 0 Å². The number of ether oxygens (including phenoxy) is 2. The molecule has 2 fully saturated rings. The number of hydrogen-bond donors (Lipinski definition) is 8. The zero-order valence-corrected chi connectivity index (χ0v) is 27.7. The Morgan fingerprint density at radius 3 is 2.37 bits per heavy atom. The largest absolute Gasteiger partial charge is 0.481 e. The van der Waals surface area contributed by atoms with Crippen LogP contribution in [0, 0.1) is 12.3 Å². The van der Waals surface area contributed by atoms with E-state index in [9.17, 15) is 44.1 Å². The fourth-order valence-corrected chi connectivity index (χ4v) is 7.92. The first-order chi connectivity index (χ1) is 23.1. The average molecular weight is 749 g/mol. The number of nitrogens with two attached hydrogens (primary N) is 2. The summed E-state index contributed by atoms with van der Waals surface area (Å²) < 4.78 is 52.8. The molecule has 3 aromatic heterocycles. The van der Waals surface area contributed by atoms with Crippen molar-refractivity contribution in [2.75, 3.05) is 24.7 Å². The molecule has 10 N–H and O–H groups in total. The Labute approximate surface area is 281 Å². The number of phosphoric ester groups is 2. The number of carbonyl (C=O) groups excluding carboxylic acids is 1. The third-order valence-corrected chi connectivity index (χ3v) is 10.8. The molecule has 0 radical (unpaired) electrons. The van der Waals surface area contributed by atoms with Crippen molar-refractivity contribution < 1.29 is 71.5 Å². The molecule has 3 aromatic rings. The molecule has 266 valence electrons. The molecule has 21 nitrogen and oxygen atoms in total. The Bertz CT molecular complexity index is 1830. The van der Waals surface area contributed by atoms with Gasteiger partial charge in [-0.05, 0) is 6.07 Å².